The Balaban J connectivity index is 1.92. The zero-order valence-corrected chi connectivity index (χ0v) is 13.0. The zero-order chi connectivity index (χ0) is 15.9. The number of nitrogens with one attached hydrogen (secondary N) is 1. The minimum Gasteiger partial charge on any atom is -0.480 e. The summed E-state index contributed by atoms with van der Waals surface area (Å²) in [5.41, 5.74) is 0.252. The van der Waals surface area contributed by atoms with Crippen LogP contribution < -0.4 is 10.1 Å². The molecule has 1 aliphatic heterocycles. The van der Waals surface area contributed by atoms with Gasteiger partial charge in [0.15, 0.2) is 0 Å². The molecule has 0 aliphatic carbocycles. The van der Waals surface area contributed by atoms with Gasteiger partial charge in [-0.25, -0.2) is 9.97 Å². The summed E-state index contributed by atoms with van der Waals surface area (Å²) in [7, 11) is 1.49. The average molecular weight is 306 g/mol. The predicted molar refractivity (Wildman–Crippen MR) is 80.6 cm³/mol. The monoisotopic (exact) mass is 306 g/mol. The lowest BCUT2D eigenvalue weighted by Crippen LogP contribution is -2.36. The Bertz CT molecular complexity index is 518. The van der Waals surface area contributed by atoms with Gasteiger partial charge in [-0.3, -0.25) is 9.59 Å². The number of aromatic nitrogens is 2. The van der Waals surface area contributed by atoms with Gasteiger partial charge in [0.2, 0.25) is 11.8 Å². The van der Waals surface area contributed by atoms with Crippen molar-refractivity contribution in [1.82, 2.24) is 20.2 Å². The Morgan fingerprint density at radius 2 is 2.23 bits per heavy atom. The van der Waals surface area contributed by atoms with Crippen molar-refractivity contribution in [3.63, 3.8) is 0 Å². The fourth-order valence-corrected chi connectivity index (χ4v) is 2.49. The van der Waals surface area contributed by atoms with Crippen LogP contribution in [0.25, 0.3) is 0 Å². The summed E-state index contributed by atoms with van der Waals surface area (Å²) in [6.07, 6.45) is 5.65. The molecule has 0 bridgehead atoms. The van der Waals surface area contributed by atoms with Gasteiger partial charge < -0.3 is 15.0 Å². The van der Waals surface area contributed by atoms with Crippen molar-refractivity contribution in [1.29, 1.82) is 0 Å². The molecule has 1 N–H and O–H groups in total. The maximum atomic E-state index is 12.2. The van der Waals surface area contributed by atoms with Crippen molar-refractivity contribution in [3.05, 3.63) is 18.1 Å². The standard InChI is InChI=1S/C15H22N4O3/c1-3-7-19-8-6-11(4-5-14(19)20)18-15(21)12-9-17-13(22-2)10-16-12/h9-11H,3-8H2,1-2H3,(H,18,21). The highest BCUT2D eigenvalue weighted by Gasteiger charge is 2.23. The number of nitrogens with zero attached hydrogens (tertiary/aromatic N) is 3. The zero-order valence-electron chi connectivity index (χ0n) is 13.0. The highest BCUT2D eigenvalue weighted by atomic mass is 16.5. The Morgan fingerprint density at radius 3 is 2.86 bits per heavy atom. The molecule has 1 fully saturated rings. The smallest absolute Gasteiger partial charge is 0.271 e. The third-order valence-corrected chi connectivity index (χ3v) is 3.71. The van der Waals surface area contributed by atoms with Gasteiger partial charge in [-0.15, -0.1) is 0 Å². The van der Waals surface area contributed by atoms with Crippen LogP contribution in [-0.2, 0) is 4.79 Å². The normalized spacial score (nSPS) is 18.7. The fraction of sp³-hybridized carbons (Fsp3) is 0.600. The van der Waals surface area contributed by atoms with Crippen LogP contribution in [0.1, 0.15) is 43.1 Å². The number of carbonyl (C=O) groups is 2. The molecule has 1 atom stereocenters. The second-order valence-corrected chi connectivity index (χ2v) is 5.32. The number of carbonyl (C=O) groups excluding carboxylic acids is 2. The molecule has 22 heavy (non-hydrogen) atoms. The molecule has 2 heterocycles. The first-order valence-corrected chi connectivity index (χ1v) is 7.58. The lowest BCUT2D eigenvalue weighted by molar-refractivity contribution is -0.130. The van der Waals surface area contributed by atoms with Gasteiger partial charge in [0, 0.05) is 25.6 Å². The van der Waals surface area contributed by atoms with E-state index in [1.165, 1.54) is 19.5 Å². The number of methoxy groups -OCH3 is 1. The first kappa shape index (κ1) is 16.2. The van der Waals surface area contributed by atoms with Crippen molar-refractivity contribution in [2.75, 3.05) is 20.2 Å². The largest absolute Gasteiger partial charge is 0.480 e. The summed E-state index contributed by atoms with van der Waals surface area (Å²) < 4.78 is 4.91. The molecule has 1 aliphatic rings. The first-order chi connectivity index (χ1) is 10.6. The summed E-state index contributed by atoms with van der Waals surface area (Å²) in [6, 6.07) is -0.0118. The third kappa shape index (κ3) is 4.16. The Labute approximate surface area is 130 Å². The van der Waals surface area contributed by atoms with Gasteiger partial charge in [0.05, 0.1) is 19.5 Å². The van der Waals surface area contributed by atoms with Crippen LogP contribution in [0, 0.1) is 0 Å². The maximum Gasteiger partial charge on any atom is 0.271 e. The molecular formula is C15H22N4O3. The SMILES string of the molecule is CCCN1CCC(NC(=O)c2cnc(OC)cn2)CCC1=O. The molecule has 0 radical (unpaired) electrons. The molecule has 1 unspecified atom stereocenters. The highest BCUT2D eigenvalue weighted by Crippen LogP contribution is 2.13. The number of ether oxygens (including phenoxy) is 1. The summed E-state index contributed by atoms with van der Waals surface area (Å²) in [5, 5.41) is 2.93. The lowest BCUT2D eigenvalue weighted by Gasteiger charge is -2.20. The van der Waals surface area contributed by atoms with E-state index in [0.717, 1.165) is 19.4 Å². The van der Waals surface area contributed by atoms with Crippen LogP contribution in [0.2, 0.25) is 0 Å². The molecule has 1 aromatic rings. The Morgan fingerprint density at radius 1 is 1.41 bits per heavy atom. The van der Waals surface area contributed by atoms with Crippen molar-refractivity contribution in [2.45, 2.75) is 38.6 Å². The molecule has 7 nitrogen and oxygen atoms in total. The minimum absolute atomic E-state index is 0.0118. The Kier molecular flexibility index (Phi) is 5.68. The summed E-state index contributed by atoms with van der Waals surface area (Å²) in [5.74, 6) is 0.270. The molecule has 1 saturated heterocycles. The highest BCUT2D eigenvalue weighted by molar-refractivity contribution is 5.92. The van der Waals surface area contributed by atoms with Gasteiger partial charge in [-0.05, 0) is 19.3 Å². The topological polar surface area (TPSA) is 84.4 Å². The van der Waals surface area contributed by atoms with Crippen LogP contribution in [0.15, 0.2) is 12.4 Å². The van der Waals surface area contributed by atoms with Crippen molar-refractivity contribution in [3.8, 4) is 5.88 Å². The van der Waals surface area contributed by atoms with E-state index in [2.05, 4.69) is 22.2 Å². The predicted octanol–water partition coefficient (Wildman–Crippen LogP) is 1.01. The number of amides is 2. The quantitative estimate of drug-likeness (QED) is 0.877. The van der Waals surface area contributed by atoms with Crippen molar-refractivity contribution in [2.24, 2.45) is 0 Å². The van der Waals surface area contributed by atoms with E-state index in [4.69, 9.17) is 4.74 Å². The summed E-state index contributed by atoms with van der Waals surface area (Å²) >= 11 is 0. The van der Waals surface area contributed by atoms with Crippen LogP contribution in [0.4, 0.5) is 0 Å². The van der Waals surface area contributed by atoms with E-state index < -0.39 is 0 Å². The van der Waals surface area contributed by atoms with E-state index >= 15 is 0 Å². The first-order valence-electron chi connectivity index (χ1n) is 7.58. The fourth-order valence-electron chi connectivity index (χ4n) is 2.49. The van der Waals surface area contributed by atoms with E-state index in [9.17, 15) is 9.59 Å². The van der Waals surface area contributed by atoms with Gasteiger partial charge in [-0.1, -0.05) is 6.92 Å². The van der Waals surface area contributed by atoms with E-state index in [1.807, 2.05) is 4.90 Å². The lowest BCUT2D eigenvalue weighted by atomic mass is 10.1. The van der Waals surface area contributed by atoms with Crippen molar-refractivity contribution < 1.29 is 14.3 Å². The van der Waals surface area contributed by atoms with Crippen LogP contribution >= 0.6 is 0 Å². The molecular weight excluding hydrogens is 284 g/mol. The van der Waals surface area contributed by atoms with E-state index in [-0.39, 0.29) is 23.6 Å². The molecule has 120 valence electrons. The maximum absolute atomic E-state index is 12.2. The molecule has 0 saturated carbocycles. The van der Waals surface area contributed by atoms with Gasteiger partial charge >= 0.3 is 0 Å². The van der Waals surface area contributed by atoms with Crippen molar-refractivity contribution >= 4 is 11.8 Å². The minimum atomic E-state index is -0.267. The third-order valence-electron chi connectivity index (χ3n) is 3.71. The van der Waals surface area contributed by atoms with E-state index in [1.54, 1.807) is 0 Å². The Hall–Kier alpha value is -2.18. The van der Waals surface area contributed by atoms with Crippen LogP contribution in [0.5, 0.6) is 5.88 Å². The van der Waals surface area contributed by atoms with E-state index in [0.29, 0.717) is 25.3 Å². The number of hydrogen-bond acceptors (Lipinski definition) is 5. The number of hydrogen-bond donors (Lipinski definition) is 1. The second kappa shape index (κ2) is 7.72. The van der Waals surface area contributed by atoms with Gasteiger partial charge in [0.1, 0.15) is 5.69 Å². The molecule has 2 amide bonds. The molecule has 0 spiro atoms. The van der Waals surface area contributed by atoms with Gasteiger partial charge in [-0.2, -0.15) is 0 Å². The summed E-state index contributed by atoms with van der Waals surface area (Å²) in [4.78, 5) is 34.0. The number of likely N-dealkylation sites (tertiary alicyclic amines) is 1. The summed E-state index contributed by atoms with van der Waals surface area (Å²) in [6.45, 7) is 3.52. The second-order valence-electron chi connectivity index (χ2n) is 5.32. The molecule has 1 aromatic heterocycles. The average Bonchev–Trinajstić information content (AvgIpc) is 2.71. The number of rotatable bonds is 5. The molecule has 7 heteroatoms. The van der Waals surface area contributed by atoms with Gasteiger partial charge in [0.25, 0.3) is 5.91 Å². The molecule has 0 aromatic carbocycles. The van der Waals surface area contributed by atoms with Crippen LogP contribution in [-0.4, -0.2) is 52.9 Å². The molecule has 2 rings (SSSR count). The van der Waals surface area contributed by atoms with Crippen LogP contribution in [0.3, 0.4) is 0 Å².